The third-order valence-corrected chi connectivity index (χ3v) is 4.17. The van der Waals surface area contributed by atoms with Gasteiger partial charge < -0.3 is 20.1 Å². The van der Waals surface area contributed by atoms with Gasteiger partial charge in [-0.3, -0.25) is 4.79 Å². The van der Waals surface area contributed by atoms with E-state index in [0.717, 1.165) is 0 Å². The molecule has 134 valence electrons. The van der Waals surface area contributed by atoms with Crippen LogP contribution < -0.4 is 15.4 Å². The molecule has 7 heteroatoms. The van der Waals surface area contributed by atoms with Gasteiger partial charge in [0, 0.05) is 25.4 Å². The number of carbonyl (C=O) groups excluding carboxylic acids is 1. The Labute approximate surface area is 152 Å². The molecule has 2 aromatic rings. The van der Waals surface area contributed by atoms with Crippen molar-refractivity contribution in [1.29, 1.82) is 5.26 Å². The molecule has 0 radical (unpaired) electrons. The number of nitrogens with one attached hydrogen (secondary N) is 2. The summed E-state index contributed by atoms with van der Waals surface area (Å²) in [6.07, 6.45) is 1.96. The number of carbonyl (C=O) groups is 1. The minimum atomic E-state index is -0.300. The third-order valence-electron chi connectivity index (χ3n) is 4.17. The molecule has 7 nitrogen and oxygen atoms in total. The first kappa shape index (κ1) is 17.7. The average Bonchev–Trinajstić information content (AvgIpc) is 2.70. The second-order valence-corrected chi connectivity index (χ2v) is 5.92. The highest BCUT2D eigenvalue weighted by Gasteiger charge is 2.29. The van der Waals surface area contributed by atoms with E-state index in [1.807, 2.05) is 0 Å². The molecule has 1 aliphatic heterocycles. The molecule has 1 amide bonds. The van der Waals surface area contributed by atoms with E-state index >= 15 is 0 Å². The predicted molar refractivity (Wildman–Crippen MR) is 96.0 cm³/mol. The fourth-order valence-corrected chi connectivity index (χ4v) is 2.74. The maximum atomic E-state index is 12.6. The van der Waals surface area contributed by atoms with Crippen LogP contribution in [0.4, 0.5) is 5.82 Å². The van der Waals surface area contributed by atoms with Crippen molar-refractivity contribution >= 4 is 11.7 Å². The molecule has 2 N–H and O–H groups in total. The highest BCUT2D eigenvalue weighted by molar-refractivity contribution is 5.95. The van der Waals surface area contributed by atoms with Crippen LogP contribution in [0.15, 0.2) is 42.6 Å². The molecule has 0 spiro atoms. The SMILES string of the molecule is CNc1cc(C(=O)N[C@@H]2CCOC[C@H]2Oc2ccc(C#N)cc2)ccn1. The van der Waals surface area contributed by atoms with Gasteiger partial charge in [0.05, 0.1) is 24.3 Å². The minimum Gasteiger partial charge on any atom is -0.486 e. The number of hydrogen-bond donors (Lipinski definition) is 2. The number of rotatable bonds is 5. The number of hydrogen-bond acceptors (Lipinski definition) is 6. The van der Waals surface area contributed by atoms with Gasteiger partial charge >= 0.3 is 0 Å². The number of aromatic nitrogens is 1. The highest BCUT2D eigenvalue weighted by Crippen LogP contribution is 2.19. The number of amides is 1. The number of nitriles is 1. The Morgan fingerprint density at radius 3 is 2.88 bits per heavy atom. The lowest BCUT2D eigenvalue weighted by molar-refractivity contribution is -0.0135. The standard InChI is InChI=1S/C19H20N4O3/c1-21-18-10-14(6-8-22-18)19(24)23-16-7-9-25-12-17(16)26-15-4-2-13(11-20)3-5-15/h2-6,8,10,16-17H,7,9,12H2,1H3,(H,21,22)(H,23,24)/t16-,17-/m1/s1. The number of anilines is 1. The average molecular weight is 352 g/mol. The van der Waals surface area contributed by atoms with Crippen molar-refractivity contribution in [3.05, 3.63) is 53.7 Å². The van der Waals surface area contributed by atoms with Gasteiger partial charge in [-0.1, -0.05) is 0 Å². The van der Waals surface area contributed by atoms with Gasteiger partial charge in [0.15, 0.2) is 0 Å². The molecular weight excluding hydrogens is 332 g/mol. The second kappa shape index (κ2) is 8.32. The summed E-state index contributed by atoms with van der Waals surface area (Å²) in [5, 5.41) is 14.8. The molecule has 2 heterocycles. The van der Waals surface area contributed by atoms with Crippen LogP contribution in [0.1, 0.15) is 22.3 Å². The number of ether oxygens (including phenoxy) is 2. The van der Waals surface area contributed by atoms with Crippen LogP contribution in [-0.4, -0.2) is 43.3 Å². The van der Waals surface area contributed by atoms with E-state index < -0.39 is 0 Å². The van der Waals surface area contributed by atoms with Crippen LogP contribution in [0.3, 0.4) is 0 Å². The Morgan fingerprint density at radius 1 is 1.35 bits per heavy atom. The molecule has 1 saturated heterocycles. The predicted octanol–water partition coefficient (Wildman–Crippen LogP) is 1.96. The zero-order chi connectivity index (χ0) is 18.4. The van der Waals surface area contributed by atoms with Gasteiger partial charge in [0.1, 0.15) is 17.7 Å². The molecule has 26 heavy (non-hydrogen) atoms. The molecule has 0 bridgehead atoms. The van der Waals surface area contributed by atoms with E-state index in [0.29, 0.717) is 42.3 Å². The number of pyridine rings is 1. The third kappa shape index (κ3) is 4.29. The van der Waals surface area contributed by atoms with Crippen molar-refractivity contribution in [2.24, 2.45) is 0 Å². The van der Waals surface area contributed by atoms with Crippen molar-refractivity contribution in [3.63, 3.8) is 0 Å². The second-order valence-electron chi connectivity index (χ2n) is 5.92. The molecule has 2 atom stereocenters. The van der Waals surface area contributed by atoms with Gasteiger partial charge in [-0.05, 0) is 42.8 Å². The van der Waals surface area contributed by atoms with E-state index in [1.165, 1.54) is 0 Å². The summed E-state index contributed by atoms with van der Waals surface area (Å²) >= 11 is 0. The quantitative estimate of drug-likeness (QED) is 0.854. The Hall–Kier alpha value is -3.11. The zero-order valence-corrected chi connectivity index (χ0v) is 14.4. The first-order chi connectivity index (χ1) is 12.7. The summed E-state index contributed by atoms with van der Waals surface area (Å²) < 4.78 is 11.5. The Morgan fingerprint density at radius 2 is 2.15 bits per heavy atom. The largest absolute Gasteiger partial charge is 0.486 e. The summed E-state index contributed by atoms with van der Waals surface area (Å²) in [4.78, 5) is 16.7. The lowest BCUT2D eigenvalue weighted by Crippen LogP contribution is -2.51. The molecule has 0 aliphatic carbocycles. The summed E-state index contributed by atoms with van der Waals surface area (Å²) in [5.41, 5.74) is 1.10. The molecule has 0 saturated carbocycles. The minimum absolute atomic E-state index is 0.168. The van der Waals surface area contributed by atoms with Crippen molar-refractivity contribution < 1.29 is 14.3 Å². The maximum Gasteiger partial charge on any atom is 0.251 e. The van der Waals surface area contributed by atoms with Crippen LogP contribution in [0.5, 0.6) is 5.75 Å². The summed E-state index contributed by atoms with van der Waals surface area (Å²) in [6.45, 7) is 0.958. The zero-order valence-electron chi connectivity index (χ0n) is 14.4. The molecule has 3 rings (SSSR count). The van der Waals surface area contributed by atoms with Crippen LogP contribution in [0.25, 0.3) is 0 Å². The summed E-state index contributed by atoms with van der Waals surface area (Å²) in [5.74, 6) is 1.10. The van der Waals surface area contributed by atoms with Crippen LogP contribution in [0.2, 0.25) is 0 Å². The molecule has 1 aromatic heterocycles. The van der Waals surface area contributed by atoms with Gasteiger partial charge in [0.25, 0.3) is 5.91 Å². The molecule has 0 unspecified atom stereocenters. The normalized spacial score (nSPS) is 19.2. The molecular formula is C19H20N4O3. The molecule has 1 aliphatic rings. The van der Waals surface area contributed by atoms with Gasteiger partial charge in [-0.25, -0.2) is 4.98 Å². The first-order valence-corrected chi connectivity index (χ1v) is 8.39. The Kier molecular flexibility index (Phi) is 5.66. The highest BCUT2D eigenvalue weighted by atomic mass is 16.5. The van der Waals surface area contributed by atoms with Gasteiger partial charge in [0.2, 0.25) is 0 Å². The number of nitrogens with zero attached hydrogens (tertiary/aromatic N) is 2. The lowest BCUT2D eigenvalue weighted by atomic mass is 10.1. The van der Waals surface area contributed by atoms with Crippen LogP contribution >= 0.6 is 0 Å². The first-order valence-electron chi connectivity index (χ1n) is 8.39. The van der Waals surface area contributed by atoms with Crippen molar-refractivity contribution in [1.82, 2.24) is 10.3 Å². The van der Waals surface area contributed by atoms with Crippen molar-refractivity contribution in [2.45, 2.75) is 18.6 Å². The summed E-state index contributed by atoms with van der Waals surface area (Å²) in [7, 11) is 1.75. The monoisotopic (exact) mass is 352 g/mol. The molecule has 1 fully saturated rings. The Balaban J connectivity index is 1.68. The van der Waals surface area contributed by atoms with Gasteiger partial charge in [-0.2, -0.15) is 5.26 Å². The van der Waals surface area contributed by atoms with E-state index in [-0.39, 0.29) is 18.1 Å². The van der Waals surface area contributed by atoms with E-state index in [9.17, 15) is 4.79 Å². The molecule has 1 aromatic carbocycles. The van der Waals surface area contributed by atoms with Crippen molar-refractivity contribution in [2.75, 3.05) is 25.6 Å². The maximum absolute atomic E-state index is 12.6. The topological polar surface area (TPSA) is 96.3 Å². The fraction of sp³-hybridized carbons (Fsp3) is 0.316. The van der Waals surface area contributed by atoms with E-state index in [2.05, 4.69) is 21.7 Å². The van der Waals surface area contributed by atoms with Crippen molar-refractivity contribution in [3.8, 4) is 11.8 Å². The van der Waals surface area contributed by atoms with E-state index in [1.54, 1.807) is 49.6 Å². The summed E-state index contributed by atoms with van der Waals surface area (Å²) in [6, 6.07) is 12.2. The smallest absolute Gasteiger partial charge is 0.251 e. The lowest BCUT2D eigenvalue weighted by Gasteiger charge is -2.32. The van der Waals surface area contributed by atoms with E-state index in [4.69, 9.17) is 14.7 Å². The van der Waals surface area contributed by atoms with Crippen LogP contribution in [0, 0.1) is 11.3 Å². The van der Waals surface area contributed by atoms with Crippen LogP contribution in [-0.2, 0) is 4.74 Å². The van der Waals surface area contributed by atoms with Gasteiger partial charge in [-0.15, -0.1) is 0 Å². The number of benzene rings is 1. The fourth-order valence-electron chi connectivity index (χ4n) is 2.74. The Bertz CT molecular complexity index is 801.